The van der Waals surface area contributed by atoms with Crippen molar-refractivity contribution in [2.75, 3.05) is 14.1 Å². The molecule has 4 heteroatoms. The molecule has 0 aromatic heterocycles. The summed E-state index contributed by atoms with van der Waals surface area (Å²) < 4.78 is 0. The first-order valence-electron chi connectivity index (χ1n) is 4.90. The van der Waals surface area contributed by atoms with Gasteiger partial charge in [-0.15, -0.1) is 0 Å². The van der Waals surface area contributed by atoms with E-state index in [-0.39, 0.29) is 11.8 Å². The Kier molecular flexibility index (Phi) is 1.56. The van der Waals surface area contributed by atoms with Gasteiger partial charge < -0.3 is 9.80 Å². The quantitative estimate of drug-likeness (QED) is 0.527. The minimum Gasteiger partial charge on any atom is -0.322 e. The first kappa shape index (κ1) is 9.49. The molecule has 0 unspecified atom stereocenters. The molecule has 78 valence electrons. The monoisotopic (exact) mass is 196 g/mol. The summed E-state index contributed by atoms with van der Waals surface area (Å²) in [5, 5.41) is 0. The van der Waals surface area contributed by atoms with Crippen molar-refractivity contribution < 1.29 is 9.59 Å². The molecule has 2 bridgehead atoms. The summed E-state index contributed by atoms with van der Waals surface area (Å²) in [5.74, 6) is -0.0660. The Hall–Kier alpha value is -1.06. The van der Waals surface area contributed by atoms with Crippen molar-refractivity contribution in [2.45, 2.75) is 32.4 Å². The summed E-state index contributed by atoms with van der Waals surface area (Å²) in [5.41, 5.74) is -1.22. The van der Waals surface area contributed by atoms with Crippen LogP contribution >= 0.6 is 0 Å². The molecular formula is C10H16N2O2. The molecular weight excluding hydrogens is 180 g/mol. The number of hydrogen-bond acceptors (Lipinski definition) is 2. The number of carbonyl (C=O) groups is 2. The lowest BCUT2D eigenvalue weighted by molar-refractivity contribution is -0.195. The summed E-state index contributed by atoms with van der Waals surface area (Å²) in [7, 11) is 3.56. The number of hydrogen-bond donors (Lipinski definition) is 0. The highest BCUT2D eigenvalue weighted by atomic mass is 16.2. The van der Waals surface area contributed by atoms with E-state index in [1.54, 1.807) is 30.8 Å². The predicted molar refractivity (Wildman–Crippen MR) is 51.3 cm³/mol. The van der Waals surface area contributed by atoms with Crippen LogP contribution in [0, 0.1) is 5.41 Å². The second kappa shape index (κ2) is 2.30. The second-order valence-electron chi connectivity index (χ2n) is 4.78. The summed E-state index contributed by atoms with van der Waals surface area (Å²) >= 11 is 0. The van der Waals surface area contributed by atoms with Crippen LogP contribution in [0.15, 0.2) is 0 Å². The molecule has 0 aromatic carbocycles. The highest BCUT2D eigenvalue weighted by molar-refractivity contribution is 6.07. The molecule has 3 rings (SSSR count). The van der Waals surface area contributed by atoms with E-state index in [1.165, 1.54) is 0 Å². The summed E-state index contributed by atoms with van der Waals surface area (Å²) in [6, 6.07) is 0. The van der Waals surface area contributed by atoms with Crippen molar-refractivity contribution in [3.05, 3.63) is 0 Å². The average Bonchev–Trinajstić information content (AvgIpc) is 2.16. The van der Waals surface area contributed by atoms with Gasteiger partial charge in [-0.2, -0.15) is 0 Å². The molecule has 3 fully saturated rings. The fourth-order valence-electron chi connectivity index (χ4n) is 2.53. The zero-order valence-electron chi connectivity index (χ0n) is 9.13. The Bertz CT molecular complexity index is 302. The van der Waals surface area contributed by atoms with Gasteiger partial charge in [-0.3, -0.25) is 9.59 Å². The van der Waals surface area contributed by atoms with Gasteiger partial charge in [0.05, 0.1) is 0 Å². The van der Waals surface area contributed by atoms with Gasteiger partial charge in [0.15, 0.2) is 0 Å². The van der Waals surface area contributed by atoms with Gasteiger partial charge in [-0.25, -0.2) is 0 Å². The van der Waals surface area contributed by atoms with Gasteiger partial charge in [0.2, 0.25) is 11.8 Å². The summed E-state index contributed by atoms with van der Waals surface area (Å²) in [6.45, 7) is 3.70. The van der Waals surface area contributed by atoms with Gasteiger partial charge >= 0.3 is 0 Å². The SMILES string of the molecule is CN1C(=O)C2(C)CCC1(C)N(C)C2=O. The van der Waals surface area contributed by atoms with Crippen LogP contribution in [0.2, 0.25) is 0 Å². The lowest BCUT2D eigenvalue weighted by Gasteiger charge is -2.59. The molecule has 2 amide bonds. The zero-order valence-corrected chi connectivity index (χ0v) is 9.13. The van der Waals surface area contributed by atoms with E-state index >= 15 is 0 Å². The number of amides is 2. The van der Waals surface area contributed by atoms with Gasteiger partial charge in [-0.1, -0.05) is 0 Å². The predicted octanol–water partition coefficient (Wildman–Crippen LogP) is 0.433. The number of nitrogens with zero attached hydrogens (tertiary/aromatic N) is 2. The van der Waals surface area contributed by atoms with E-state index < -0.39 is 11.1 Å². The third-order valence-corrected chi connectivity index (χ3v) is 4.10. The van der Waals surface area contributed by atoms with E-state index in [2.05, 4.69) is 0 Å². The van der Waals surface area contributed by atoms with Crippen molar-refractivity contribution in [3.63, 3.8) is 0 Å². The van der Waals surface area contributed by atoms with E-state index in [4.69, 9.17) is 0 Å². The van der Waals surface area contributed by atoms with Gasteiger partial charge in [0.25, 0.3) is 0 Å². The van der Waals surface area contributed by atoms with Crippen LogP contribution in [0.3, 0.4) is 0 Å². The first-order chi connectivity index (χ1) is 6.34. The van der Waals surface area contributed by atoms with Gasteiger partial charge in [0.1, 0.15) is 11.1 Å². The smallest absolute Gasteiger partial charge is 0.239 e. The molecule has 0 saturated carbocycles. The van der Waals surface area contributed by atoms with Gasteiger partial charge in [-0.05, 0) is 26.7 Å². The van der Waals surface area contributed by atoms with Crippen LogP contribution in [0.1, 0.15) is 26.7 Å². The molecule has 3 aliphatic rings. The molecule has 0 radical (unpaired) electrons. The molecule has 3 heterocycles. The van der Waals surface area contributed by atoms with Crippen molar-refractivity contribution >= 4 is 11.8 Å². The maximum absolute atomic E-state index is 11.9. The van der Waals surface area contributed by atoms with E-state index in [0.717, 1.165) is 6.42 Å². The molecule has 0 N–H and O–H groups in total. The second-order valence-corrected chi connectivity index (χ2v) is 4.78. The van der Waals surface area contributed by atoms with Crippen LogP contribution < -0.4 is 0 Å². The Labute approximate surface area is 83.9 Å². The largest absolute Gasteiger partial charge is 0.322 e. The van der Waals surface area contributed by atoms with Crippen molar-refractivity contribution in [1.82, 2.24) is 9.80 Å². The zero-order chi connectivity index (χ0) is 10.7. The minimum atomic E-state index is -0.804. The third kappa shape index (κ3) is 0.751. The fourth-order valence-corrected chi connectivity index (χ4v) is 2.53. The molecule has 0 aliphatic carbocycles. The topological polar surface area (TPSA) is 40.6 Å². The van der Waals surface area contributed by atoms with Crippen LogP contribution in [0.4, 0.5) is 0 Å². The maximum Gasteiger partial charge on any atom is 0.239 e. The third-order valence-electron chi connectivity index (χ3n) is 4.10. The Balaban J connectivity index is 2.54. The highest BCUT2D eigenvalue weighted by Gasteiger charge is 2.61. The molecule has 0 spiro atoms. The van der Waals surface area contributed by atoms with Crippen molar-refractivity contribution in [3.8, 4) is 0 Å². The van der Waals surface area contributed by atoms with Crippen LogP contribution in [-0.2, 0) is 9.59 Å². The minimum absolute atomic E-state index is 0.0330. The number of rotatable bonds is 0. The Morgan fingerprint density at radius 2 is 1.43 bits per heavy atom. The van der Waals surface area contributed by atoms with E-state index in [1.807, 2.05) is 6.92 Å². The fraction of sp³-hybridized carbons (Fsp3) is 0.800. The Morgan fingerprint density at radius 3 is 1.86 bits per heavy atom. The van der Waals surface area contributed by atoms with Gasteiger partial charge in [0, 0.05) is 14.1 Å². The Morgan fingerprint density at radius 1 is 1.00 bits per heavy atom. The van der Waals surface area contributed by atoms with Crippen LogP contribution in [0.5, 0.6) is 0 Å². The number of fused-ring (bicyclic) bond motifs is 3. The molecule has 0 atom stereocenters. The molecule has 3 saturated heterocycles. The summed E-state index contributed by atoms with van der Waals surface area (Å²) in [6.07, 6.45) is 1.55. The van der Waals surface area contributed by atoms with E-state index in [9.17, 15) is 9.59 Å². The molecule has 4 nitrogen and oxygen atoms in total. The normalized spacial score (nSPS) is 42.3. The highest BCUT2D eigenvalue weighted by Crippen LogP contribution is 2.46. The average molecular weight is 196 g/mol. The lowest BCUT2D eigenvalue weighted by Crippen LogP contribution is -2.74. The van der Waals surface area contributed by atoms with Crippen molar-refractivity contribution in [1.29, 1.82) is 0 Å². The number of piperidine rings is 2. The molecule has 3 aliphatic heterocycles. The lowest BCUT2D eigenvalue weighted by atomic mass is 9.71. The standard InChI is InChI=1S/C10H16N2O2/c1-9-5-6-10(2,11(3)7(9)13)12(4)8(9)14/h5-6H2,1-4H3. The van der Waals surface area contributed by atoms with Crippen LogP contribution in [-0.4, -0.2) is 41.4 Å². The molecule has 14 heavy (non-hydrogen) atoms. The summed E-state index contributed by atoms with van der Waals surface area (Å²) in [4.78, 5) is 27.3. The first-order valence-corrected chi connectivity index (χ1v) is 4.90. The molecule has 0 aromatic rings. The maximum atomic E-state index is 11.9. The van der Waals surface area contributed by atoms with Crippen LogP contribution in [0.25, 0.3) is 0 Å². The number of carbonyl (C=O) groups excluding carboxylic acids is 2. The van der Waals surface area contributed by atoms with Crippen molar-refractivity contribution in [2.24, 2.45) is 5.41 Å². The van der Waals surface area contributed by atoms with E-state index in [0.29, 0.717) is 6.42 Å².